The maximum absolute atomic E-state index is 13.8. The SMILES string of the molecule is CCCCN(CCCC[N+](C)(C)C)C(=O)CN1CC(c2ccc3c(c2)OCO3)C(C(=O)O)C1CCc1ccncn1. The van der Waals surface area contributed by atoms with Crippen molar-refractivity contribution in [3.63, 3.8) is 0 Å². The summed E-state index contributed by atoms with van der Waals surface area (Å²) >= 11 is 0. The van der Waals surface area contributed by atoms with Gasteiger partial charge in [-0.3, -0.25) is 14.5 Å². The van der Waals surface area contributed by atoms with Crippen LogP contribution in [0.3, 0.4) is 0 Å². The van der Waals surface area contributed by atoms with Crippen molar-refractivity contribution < 1.29 is 28.7 Å². The first-order chi connectivity index (χ1) is 19.7. The van der Waals surface area contributed by atoms with Gasteiger partial charge in [0.25, 0.3) is 0 Å². The maximum Gasteiger partial charge on any atom is 0.308 e. The van der Waals surface area contributed by atoms with Crippen molar-refractivity contribution in [2.45, 2.75) is 57.4 Å². The Kier molecular flexibility index (Phi) is 10.6. The molecule has 41 heavy (non-hydrogen) atoms. The number of aryl methyl sites for hydroxylation is 1. The second kappa shape index (κ2) is 14.1. The quantitative estimate of drug-likeness (QED) is 0.258. The number of rotatable bonds is 15. The lowest BCUT2D eigenvalue weighted by molar-refractivity contribution is -0.870. The lowest BCUT2D eigenvalue weighted by atomic mass is 9.83. The molecule has 2 aromatic rings. The predicted octanol–water partition coefficient (Wildman–Crippen LogP) is 3.42. The van der Waals surface area contributed by atoms with Gasteiger partial charge < -0.3 is 24.0 Å². The van der Waals surface area contributed by atoms with Gasteiger partial charge in [-0.1, -0.05) is 19.4 Å². The molecule has 1 amide bonds. The van der Waals surface area contributed by atoms with Crippen LogP contribution in [0.2, 0.25) is 0 Å². The summed E-state index contributed by atoms with van der Waals surface area (Å²) in [6.45, 7) is 5.51. The molecule has 1 N–H and O–H groups in total. The van der Waals surface area contributed by atoms with Crippen molar-refractivity contribution >= 4 is 11.9 Å². The summed E-state index contributed by atoms with van der Waals surface area (Å²) in [7, 11) is 6.55. The Hall–Kier alpha value is -3.24. The molecule has 0 radical (unpaired) electrons. The van der Waals surface area contributed by atoms with E-state index in [-0.39, 0.29) is 31.2 Å². The molecule has 1 aromatic carbocycles. The number of nitrogens with zero attached hydrogens (tertiary/aromatic N) is 5. The van der Waals surface area contributed by atoms with Crippen molar-refractivity contribution in [1.29, 1.82) is 0 Å². The van der Waals surface area contributed by atoms with E-state index in [0.29, 0.717) is 30.9 Å². The van der Waals surface area contributed by atoms with E-state index in [1.165, 1.54) is 6.33 Å². The second-order valence-corrected chi connectivity index (χ2v) is 12.3. The van der Waals surface area contributed by atoms with Gasteiger partial charge in [0.1, 0.15) is 6.33 Å². The van der Waals surface area contributed by atoms with E-state index in [9.17, 15) is 14.7 Å². The van der Waals surface area contributed by atoms with Crippen LogP contribution >= 0.6 is 0 Å². The number of carboxylic acids is 1. The monoisotopic (exact) mass is 568 g/mol. The summed E-state index contributed by atoms with van der Waals surface area (Å²) in [5.74, 6) is -0.414. The highest BCUT2D eigenvalue weighted by Crippen LogP contribution is 2.43. The van der Waals surface area contributed by atoms with Crippen molar-refractivity contribution in [3.8, 4) is 11.5 Å². The summed E-state index contributed by atoms with van der Waals surface area (Å²) < 4.78 is 12.0. The van der Waals surface area contributed by atoms with E-state index in [1.807, 2.05) is 29.2 Å². The Morgan fingerprint density at radius 3 is 2.59 bits per heavy atom. The number of fused-ring (bicyclic) bond motifs is 1. The van der Waals surface area contributed by atoms with Crippen molar-refractivity contribution in [3.05, 3.63) is 48.0 Å². The zero-order chi connectivity index (χ0) is 29.4. The van der Waals surface area contributed by atoms with Crippen LogP contribution in [0.15, 0.2) is 36.8 Å². The van der Waals surface area contributed by atoms with E-state index in [2.05, 4.69) is 42.9 Å². The number of carbonyl (C=O) groups is 2. The van der Waals surface area contributed by atoms with Crippen LogP contribution in [0.25, 0.3) is 0 Å². The Balaban J connectivity index is 1.54. The van der Waals surface area contributed by atoms with Crippen LogP contribution in [-0.4, -0.2) is 108 Å². The molecule has 0 aliphatic carbocycles. The predicted molar refractivity (Wildman–Crippen MR) is 156 cm³/mol. The van der Waals surface area contributed by atoms with E-state index in [0.717, 1.165) is 61.1 Å². The molecule has 3 heterocycles. The molecule has 10 heteroatoms. The molecular formula is C31H46N5O5+. The highest BCUT2D eigenvalue weighted by Gasteiger charge is 2.47. The molecule has 0 spiro atoms. The molecule has 2 aliphatic heterocycles. The molecular weight excluding hydrogens is 522 g/mol. The van der Waals surface area contributed by atoms with Gasteiger partial charge >= 0.3 is 5.97 Å². The van der Waals surface area contributed by atoms with Gasteiger partial charge in [0.15, 0.2) is 11.5 Å². The van der Waals surface area contributed by atoms with Crippen LogP contribution in [-0.2, 0) is 16.0 Å². The summed E-state index contributed by atoms with van der Waals surface area (Å²) in [6.07, 6.45) is 8.39. The topological polar surface area (TPSA) is 105 Å². The van der Waals surface area contributed by atoms with Gasteiger partial charge in [0, 0.05) is 43.5 Å². The number of hydrogen-bond acceptors (Lipinski definition) is 7. The van der Waals surface area contributed by atoms with Gasteiger partial charge in [-0.15, -0.1) is 0 Å². The fourth-order valence-corrected chi connectivity index (χ4v) is 5.97. The smallest absolute Gasteiger partial charge is 0.308 e. The van der Waals surface area contributed by atoms with Gasteiger partial charge in [-0.2, -0.15) is 0 Å². The standard InChI is InChI=1S/C31H45N5O5/c1-5-6-15-34(16-7-8-17-36(2,3)4)29(37)20-35-19-25(23-9-12-27-28(18-23)41-22-40-27)30(31(38)39)26(35)11-10-24-13-14-32-21-33-24/h9,12-14,18,21,25-26,30H,5-8,10-11,15-17,19-20,22H2,1-4H3/p+1. The number of ether oxygens (including phenoxy) is 2. The highest BCUT2D eigenvalue weighted by atomic mass is 16.7. The summed E-state index contributed by atoms with van der Waals surface area (Å²) in [6, 6.07) is 7.23. The molecule has 4 rings (SSSR count). The van der Waals surface area contributed by atoms with Gasteiger partial charge in [-0.05, 0) is 55.9 Å². The van der Waals surface area contributed by atoms with E-state index >= 15 is 0 Å². The lowest BCUT2D eigenvalue weighted by Gasteiger charge is -2.30. The van der Waals surface area contributed by atoms with Crippen LogP contribution in [0.4, 0.5) is 0 Å². The number of unbranched alkanes of at least 4 members (excludes halogenated alkanes) is 2. The molecule has 0 bridgehead atoms. The first-order valence-electron chi connectivity index (χ1n) is 14.9. The number of likely N-dealkylation sites (tertiary alicyclic amines) is 1. The molecule has 2 aliphatic rings. The van der Waals surface area contributed by atoms with E-state index < -0.39 is 11.9 Å². The van der Waals surface area contributed by atoms with Crippen LogP contribution < -0.4 is 9.47 Å². The number of aromatic nitrogens is 2. The van der Waals surface area contributed by atoms with Crippen LogP contribution in [0.1, 0.15) is 56.2 Å². The number of carbonyl (C=O) groups excluding carboxylic acids is 1. The Bertz CT molecular complexity index is 1160. The van der Waals surface area contributed by atoms with Gasteiger partial charge in [-0.25, -0.2) is 9.97 Å². The third kappa shape index (κ3) is 8.39. The fourth-order valence-electron chi connectivity index (χ4n) is 5.97. The first kappa shape index (κ1) is 30.7. The van der Waals surface area contributed by atoms with Crippen LogP contribution in [0.5, 0.6) is 11.5 Å². The number of quaternary nitrogens is 1. The summed E-state index contributed by atoms with van der Waals surface area (Å²) in [5, 5.41) is 10.5. The van der Waals surface area contributed by atoms with E-state index in [1.54, 1.807) is 6.20 Å². The average Bonchev–Trinajstić information content (AvgIpc) is 3.55. The number of benzene rings is 1. The summed E-state index contributed by atoms with van der Waals surface area (Å²) in [5.41, 5.74) is 1.76. The number of hydrogen-bond donors (Lipinski definition) is 1. The van der Waals surface area contributed by atoms with E-state index in [4.69, 9.17) is 9.47 Å². The Morgan fingerprint density at radius 1 is 1.10 bits per heavy atom. The Morgan fingerprint density at radius 2 is 1.88 bits per heavy atom. The van der Waals surface area contributed by atoms with Crippen molar-refractivity contribution in [2.24, 2.45) is 5.92 Å². The fraction of sp³-hybridized carbons (Fsp3) is 0.613. The molecule has 1 aromatic heterocycles. The molecule has 0 saturated carbocycles. The van der Waals surface area contributed by atoms with Gasteiger partial charge in [0.2, 0.25) is 12.7 Å². The zero-order valence-corrected chi connectivity index (χ0v) is 25.0. The molecule has 3 unspecified atom stereocenters. The summed E-state index contributed by atoms with van der Waals surface area (Å²) in [4.78, 5) is 39.0. The van der Waals surface area contributed by atoms with Crippen molar-refractivity contribution in [2.75, 3.05) is 60.7 Å². The average molecular weight is 569 g/mol. The van der Waals surface area contributed by atoms with Gasteiger partial charge in [0.05, 0.1) is 40.2 Å². The third-order valence-electron chi connectivity index (χ3n) is 8.18. The molecule has 1 saturated heterocycles. The van der Waals surface area contributed by atoms with Crippen LogP contribution in [0, 0.1) is 5.92 Å². The number of carboxylic acid groups (broad SMARTS) is 1. The highest BCUT2D eigenvalue weighted by molar-refractivity contribution is 5.79. The minimum Gasteiger partial charge on any atom is -0.481 e. The normalized spacial score (nSPS) is 20.3. The Labute approximate surface area is 243 Å². The first-order valence-corrected chi connectivity index (χ1v) is 14.9. The third-order valence-corrected chi connectivity index (χ3v) is 8.18. The molecule has 3 atom stereocenters. The molecule has 10 nitrogen and oxygen atoms in total. The minimum atomic E-state index is -0.849. The molecule has 224 valence electrons. The lowest BCUT2D eigenvalue weighted by Crippen LogP contribution is -2.45. The van der Waals surface area contributed by atoms with Crippen molar-refractivity contribution in [1.82, 2.24) is 19.8 Å². The minimum absolute atomic E-state index is 0.0752. The number of amides is 1. The maximum atomic E-state index is 13.8. The second-order valence-electron chi connectivity index (χ2n) is 12.3. The molecule has 1 fully saturated rings. The number of aliphatic carboxylic acids is 1. The largest absolute Gasteiger partial charge is 0.481 e. The zero-order valence-electron chi connectivity index (χ0n) is 25.0.